The van der Waals surface area contributed by atoms with Crippen molar-refractivity contribution in [2.75, 3.05) is 6.54 Å². The fourth-order valence-corrected chi connectivity index (χ4v) is 1.55. The molecule has 1 aliphatic rings. The number of fused-ring (bicyclic) bond motifs is 1. The highest BCUT2D eigenvalue weighted by molar-refractivity contribution is 7.03. The van der Waals surface area contributed by atoms with Gasteiger partial charge in [-0.05, 0) is 11.5 Å². The molecule has 2 radical (unpaired) electrons. The second-order valence-corrected chi connectivity index (χ2v) is 2.61. The van der Waals surface area contributed by atoms with Gasteiger partial charge in [0.15, 0.2) is 0 Å². The number of aromatic nitrogens is 1. The van der Waals surface area contributed by atoms with Crippen LogP contribution in [0.15, 0.2) is 5.38 Å². The summed E-state index contributed by atoms with van der Waals surface area (Å²) in [6.45, 7) is 4.02. The number of hydrogen-bond donors (Lipinski definition) is 1. The second-order valence-electron chi connectivity index (χ2n) is 1.98. The molecule has 0 spiro atoms. The van der Waals surface area contributed by atoms with Gasteiger partial charge < -0.3 is 5.32 Å². The third-order valence-corrected chi connectivity index (χ3v) is 2.02. The first kappa shape index (κ1) is 5.38. The van der Waals surface area contributed by atoms with E-state index in [0.29, 0.717) is 0 Å². The van der Waals surface area contributed by atoms with E-state index in [-0.39, 0.29) is 0 Å². The summed E-state index contributed by atoms with van der Waals surface area (Å²) in [4.78, 5) is 0. The normalized spacial score (nSPS) is 17.3. The Morgan fingerprint density at radius 1 is 1.78 bits per heavy atom. The molecular formula is C6H6N2S. The van der Waals surface area contributed by atoms with Crippen LogP contribution in [0.5, 0.6) is 0 Å². The molecule has 0 saturated heterocycles. The quantitative estimate of drug-likeness (QED) is 0.570. The van der Waals surface area contributed by atoms with Crippen molar-refractivity contribution in [1.82, 2.24) is 9.69 Å². The van der Waals surface area contributed by atoms with E-state index in [0.717, 1.165) is 18.5 Å². The van der Waals surface area contributed by atoms with Crippen LogP contribution >= 0.6 is 11.5 Å². The molecule has 0 saturated carbocycles. The average Bonchev–Trinajstić information content (AvgIpc) is 2.33. The fraction of sp³-hybridized carbons (Fsp3) is 0.333. The molecule has 2 heterocycles. The Morgan fingerprint density at radius 2 is 2.78 bits per heavy atom. The van der Waals surface area contributed by atoms with Crippen molar-refractivity contribution < 1.29 is 0 Å². The summed E-state index contributed by atoms with van der Waals surface area (Å²) in [5.41, 5.74) is 2.34. The molecule has 0 bridgehead atoms. The van der Waals surface area contributed by atoms with Gasteiger partial charge in [0, 0.05) is 23.9 Å². The van der Waals surface area contributed by atoms with Crippen LogP contribution in [0.2, 0.25) is 0 Å². The minimum atomic E-state index is 0.983. The van der Waals surface area contributed by atoms with Crippen LogP contribution in [-0.2, 0) is 6.42 Å². The van der Waals surface area contributed by atoms with Crippen LogP contribution in [0.4, 0.5) is 0 Å². The fourth-order valence-electron chi connectivity index (χ4n) is 0.880. The maximum Gasteiger partial charge on any atom is 0.0962 e. The smallest absolute Gasteiger partial charge is 0.0962 e. The van der Waals surface area contributed by atoms with Gasteiger partial charge in [0.1, 0.15) is 0 Å². The van der Waals surface area contributed by atoms with Crippen molar-refractivity contribution in [1.29, 1.82) is 0 Å². The SMILES string of the molecule is [C]1NCCc2nscc21. The highest BCUT2D eigenvalue weighted by Crippen LogP contribution is 2.14. The summed E-state index contributed by atoms with van der Waals surface area (Å²) in [7, 11) is 0. The van der Waals surface area contributed by atoms with Crippen LogP contribution < -0.4 is 5.32 Å². The van der Waals surface area contributed by atoms with E-state index in [1.54, 1.807) is 0 Å². The molecule has 0 atom stereocenters. The van der Waals surface area contributed by atoms with Crippen LogP contribution in [0.3, 0.4) is 0 Å². The lowest BCUT2D eigenvalue weighted by molar-refractivity contribution is 0.743. The summed E-state index contributed by atoms with van der Waals surface area (Å²) >= 11 is 1.50. The minimum absolute atomic E-state index is 0.983. The van der Waals surface area contributed by atoms with Gasteiger partial charge in [0.2, 0.25) is 0 Å². The van der Waals surface area contributed by atoms with E-state index >= 15 is 0 Å². The van der Waals surface area contributed by atoms with E-state index in [1.807, 2.05) is 5.38 Å². The first-order chi connectivity index (χ1) is 4.47. The summed E-state index contributed by atoms with van der Waals surface area (Å²) in [5, 5.41) is 5.06. The summed E-state index contributed by atoms with van der Waals surface area (Å²) in [6, 6.07) is 0. The molecule has 2 nitrogen and oxygen atoms in total. The molecule has 3 heteroatoms. The second kappa shape index (κ2) is 2.08. The topological polar surface area (TPSA) is 24.9 Å². The van der Waals surface area contributed by atoms with E-state index in [2.05, 4.69) is 16.2 Å². The zero-order chi connectivity index (χ0) is 6.10. The third kappa shape index (κ3) is 0.862. The summed E-state index contributed by atoms with van der Waals surface area (Å²) < 4.78 is 4.20. The lowest BCUT2D eigenvalue weighted by Crippen LogP contribution is -2.20. The minimum Gasteiger partial charge on any atom is -0.303 e. The molecule has 0 aliphatic carbocycles. The zero-order valence-corrected chi connectivity index (χ0v) is 5.66. The van der Waals surface area contributed by atoms with Crippen molar-refractivity contribution in [3.63, 3.8) is 0 Å². The van der Waals surface area contributed by atoms with Crippen molar-refractivity contribution >= 4 is 11.5 Å². The lowest BCUT2D eigenvalue weighted by atomic mass is 10.1. The van der Waals surface area contributed by atoms with Crippen molar-refractivity contribution in [3.8, 4) is 0 Å². The largest absolute Gasteiger partial charge is 0.303 e. The standard InChI is InChI=1S/C6H6N2S/c1-2-7-3-5-4-9-8-6(1)5/h4,7H,1-2H2. The van der Waals surface area contributed by atoms with E-state index in [9.17, 15) is 0 Å². The van der Waals surface area contributed by atoms with Crippen LogP contribution in [-0.4, -0.2) is 10.9 Å². The Hall–Kier alpha value is -0.410. The Labute approximate surface area is 58.1 Å². The van der Waals surface area contributed by atoms with E-state index in [1.165, 1.54) is 17.2 Å². The Bertz CT molecular complexity index is 186. The number of rotatable bonds is 0. The molecule has 0 amide bonds. The predicted molar refractivity (Wildman–Crippen MR) is 36.2 cm³/mol. The maximum atomic E-state index is 4.20. The Kier molecular flexibility index (Phi) is 1.24. The molecule has 0 aromatic carbocycles. The number of nitrogens with zero attached hydrogens (tertiary/aromatic N) is 1. The third-order valence-electron chi connectivity index (χ3n) is 1.35. The van der Waals surface area contributed by atoms with Crippen LogP contribution in [0, 0.1) is 6.54 Å². The van der Waals surface area contributed by atoms with Gasteiger partial charge >= 0.3 is 0 Å². The molecule has 2 rings (SSSR count). The molecule has 1 N–H and O–H groups in total. The van der Waals surface area contributed by atoms with E-state index < -0.39 is 0 Å². The summed E-state index contributed by atoms with van der Waals surface area (Å²) in [6.07, 6.45) is 1.05. The van der Waals surface area contributed by atoms with Crippen molar-refractivity contribution in [3.05, 3.63) is 23.2 Å². The highest BCUT2D eigenvalue weighted by atomic mass is 32.1. The van der Waals surface area contributed by atoms with Gasteiger partial charge in [0.25, 0.3) is 0 Å². The van der Waals surface area contributed by atoms with Gasteiger partial charge in [-0.2, -0.15) is 4.37 Å². The number of nitrogens with one attached hydrogen (secondary N) is 1. The molecule has 46 valence electrons. The monoisotopic (exact) mass is 138 g/mol. The zero-order valence-electron chi connectivity index (χ0n) is 4.85. The molecular weight excluding hydrogens is 132 g/mol. The molecule has 1 aliphatic heterocycles. The average molecular weight is 138 g/mol. The maximum absolute atomic E-state index is 4.20. The number of hydrogen-bond acceptors (Lipinski definition) is 3. The van der Waals surface area contributed by atoms with Gasteiger partial charge in [-0.3, -0.25) is 0 Å². The molecule has 0 fully saturated rings. The first-order valence-corrected chi connectivity index (χ1v) is 3.72. The molecule has 9 heavy (non-hydrogen) atoms. The Morgan fingerprint density at radius 3 is 3.67 bits per heavy atom. The van der Waals surface area contributed by atoms with Crippen molar-refractivity contribution in [2.45, 2.75) is 6.42 Å². The first-order valence-electron chi connectivity index (χ1n) is 2.89. The Balaban J connectivity index is 2.39. The highest BCUT2D eigenvalue weighted by Gasteiger charge is 2.10. The molecule has 1 aromatic heterocycles. The van der Waals surface area contributed by atoms with Crippen molar-refractivity contribution in [2.24, 2.45) is 0 Å². The van der Waals surface area contributed by atoms with Gasteiger partial charge in [-0.15, -0.1) is 0 Å². The summed E-state index contributed by atoms with van der Waals surface area (Å²) in [5.74, 6) is 0. The molecule has 1 aromatic rings. The van der Waals surface area contributed by atoms with Gasteiger partial charge in [0.05, 0.1) is 12.2 Å². The van der Waals surface area contributed by atoms with Gasteiger partial charge in [-0.25, -0.2) is 0 Å². The van der Waals surface area contributed by atoms with Crippen LogP contribution in [0.1, 0.15) is 11.3 Å². The van der Waals surface area contributed by atoms with E-state index in [4.69, 9.17) is 0 Å². The van der Waals surface area contributed by atoms with Crippen LogP contribution in [0.25, 0.3) is 0 Å². The molecule has 0 unspecified atom stereocenters. The predicted octanol–water partition coefficient (Wildman–Crippen LogP) is 0.676. The van der Waals surface area contributed by atoms with Gasteiger partial charge in [-0.1, -0.05) is 0 Å². The lowest BCUT2D eigenvalue weighted by Gasteiger charge is -2.08.